The Balaban J connectivity index is 2.20. The van der Waals surface area contributed by atoms with Gasteiger partial charge in [-0.15, -0.1) is 0 Å². The van der Waals surface area contributed by atoms with Gasteiger partial charge in [-0.3, -0.25) is 0 Å². The number of hydroxylamine groups is 1. The van der Waals surface area contributed by atoms with E-state index < -0.39 is 10.4 Å². The Kier molecular flexibility index (Phi) is 4.88. The summed E-state index contributed by atoms with van der Waals surface area (Å²) in [6.45, 7) is 0. The molecule has 0 aliphatic carbocycles. The molecular weight excluding hydrogens is 294 g/mol. The van der Waals surface area contributed by atoms with E-state index in [0.29, 0.717) is 11.4 Å². The van der Waals surface area contributed by atoms with Crippen LogP contribution in [0.2, 0.25) is 0 Å². The van der Waals surface area contributed by atoms with E-state index in [4.69, 9.17) is 0 Å². The molecule has 0 spiro atoms. The van der Waals surface area contributed by atoms with Gasteiger partial charge >= 0.3 is 0 Å². The lowest BCUT2D eigenvalue weighted by atomic mass is 10.3. The minimum atomic E-state index is -4.89. The van der Waals surface area contributed by atoms with Gasteiger partial charge in [-0.25, -0.2) is 18.9 Å². The number of benzene rings is 2. The molecule has 0 amide bonds. The molecule has 0 aliphatic rings. The van der Waals surface area contributed by atoms with E-state index in [9.17, 15) is 13.0 Å². The lowest BCUT2D eigenvalue weighted by molar-refractivity contribution is 0.221. The standard InChI is InChI=1S/C13H13N3O4S/c17-21(18,19)20-16-13(14-11-7-3-1-4-8-11)15-12-9-5-2-6-10-12/h1-10H,(H2,14,15,16)(H,17,18,19)/p-1. The van der Waals surface area contributed by atoms with Gasteiger partial charge in [0.15, 0.2) is 0 Å². The minimum absolute atomic E-state index is 0.0353. The molecule has 0 bridgehead atoms. The van der Waals surface area contributed by atoms with Crippen LogP contribution in [0.25, 0.3) is 0 Å². The van der Waals surface area contributed by atoms with Crippen molar-refractivity contribution in [1.29, 1.82) is 0 Å². The molecule has 2 N–H and O–H groups in total. The smallest absolute Gasteiger partial charge is 0.238 e. The maximum Gasteiger partial charge on any atom is 0.238 e. The fraction of sp³-hybridized carbons (Fsp3) is 0. The van der Waals surface area contributed by atoms with Crippen molar-refractivity contribution in [3.05, 3.63) is 60.7 Å². The Morgan fingerprint density at radius 3 is 2.14 bits per heavy atom. The average Bonchev–Trinajstić information content (AvgIpc) is 2.46. The molecule has 2 rings (SSSR count). The summed E-state index contributed by atoms with van der Waals surface area (Å²) < 4.78 is 35.6. The Morgan fingerprint density at radius 1 is 1.00 bits per heavy atom. The molecule has 0 saturated heterocycles. The van der Waals surface area contributed by atoms with Crippen LogP contribution in [0.4, 0.5) is 11.4 Å². The molecule has 0 aromatic heterocycles. The summed E-state index contributed by atoms with van der Waals surface area (Å²) in [6.07, 6.45) is 0. The zero-order valence-corrected chi connectivity index (χ0v) is 11.6. The number of nitrogens with one attached hydrogen (secondary N) is 2. The number of hydrogen-bond acceptors (Lipinski definition) is 5. The molecule has 0 radical (unpaired) electrons. The third kappa shape index (κ3) is 5.61. The number of aliphatic imine (C=N–C) groups is 1. The summed E-state index contributed by atoms with van der Waals surface area (Å²) in [5, 5.41) is 2.81. The van der Waals surface area contributed by atoms with E-state index >= 15 is 0 Å². The van der Waals surface area contributed by atoms with E-state index in [1.54, 1.807) is 48.5 Å². The highest BCUT2D eigenvalue weighted by molar-refractivity contribution is 7.80. The summed E-state index contributed by atoms with van der Waals surface area (Å²) in [5.41, 5.74) is 3.19. The fourth-order valence-corrected chi connectivity index (χ4v) is 1.64. The normalized spacial score (nSPS) is 12.0. The van der Waals surface area contributed by atoms with Gasteiger partial charge in [0.2, 0.25) is 16.4 Å². The van der Waals surface area contributed by atoms with Crippen molar-refractivity contribution in [1.82, 2.24) is 5.48 Å². The zero-order chi connectivity index (χ0) is 15.1. The maximum absolute atomic E-state index is 10.5. The van der Waals surface area contributed by atoms with Gasteiger partial charge < -0.3 is 9.87 Å². The third-order valence-electron chi connectivity index (χ3n) is 2.27. The second-order valence-electron chi connectivity index (χ2n) is 3.88. The molecule has 7 nitrogen and oxygen atoms in total. The van der Waals surface area contributed by atoms with Gasteiger partial charge in [0, 0.05) is 5.69 Å². The molecule has 21 heavy (non-hydrogen) atoms. The molecule has 0 unspecified atom stereocenters. The lowest BCUT2D eigenvalue weighted by Crippen LogP contribution is -2.32. The SMILES string of the molecule is O=S(=O)([O-])ONC(=Nc1ccccc1)Nc1ccccc1. The summed E-state index contributed by atoms with van der Waals surface area (Å²) >= 11 is 0. The monoisotopic (exact) mass is 306 g/mol. The van der Waals surface area contributed by atoms with Crippen LogP contribution < -0.4 is 10.8 Å². The Bertz CT molecular complexity index is 703. The predicted molar refractivity (Wildman–Crippen MR) is 77.5 cm³/mol. The van der Waals surface area contributed by atoms with Crippen molar-refractivity contribution >= 4 is 27.7 Å². The number of hydrogen-bond donors (Lipinski definition) is 2. The quantitative estimate of drug-likeness (QED) is 0.293. The van der Waals surface area contributed by atoms with Crippen LogP contribution in [-0.2, 0) is 14.7 Å². The number of para-hydroxylation sites is 2. The lowest BCUT2D eigenvalue weighted by Gasteiger charge is -2.13. The van der Waals surface area contributed by atoms with Crippen LogP contribution in [0.1, 0.15) is 0 Å². The highest BCUT2D eigenvalue weighted by Crippen LogP contribution is 2.11. The Morgan fingerprint density at radius 2 is 1.57 bits per heavy atom. The van der Waals surface area contributed by atoms with Crippen molar-refractivity contribution in [2.24, 2.45) is 4.99 Å². The van der Waals surface area contributed by atoms with Gasteiger partial charge in [0.1, 0.15) is 0 Å². The third-order valence-corrected chi connectivity index (χ3v) is 2.56. The summed E-state index contributed by atoms with van der Waals surface area (Å²) in [5.74, 6) is -0.0353. The molecule has 0 aliphatic heterocycles. The molecule has 0 saturated carbocycles. The van der Waals surface area contributed by atoms with E-state index in [1.807, 2.05) is 17.6 Å². The molecular formula is C13H12N3O4S-. The number of anilines is 1. The van der Waals surface area contributed by atoms with Gasteiger partial charge in [-0.2, -0.15) is 4.28 Å². The number of guanidine groups is 1. The van der Waals surface area contributed by atoms with Crippen LogP contribution in [0.15, 0.2) is 65.7 Å². The molecule has 0 fully saturated rings. The van der Waals surface area contributed by atoms with E-state index in [1.165, 1.54) is 0 Å². The van der Waals surface area contributed by atoms with Gasteiger partial charge in [-0.05, 0) is 24.3 Å². The Labute approximate surface area is 122 Å². The van der Waals surface area contributed by atoms with Crippen LogP contribution in [-0.4, -0.2) is 18.9 Å². The largest absolute Gasteiger partial charge is 0.724 e. The molecule has 110 valence electrons. The van der Waals surface area contributed by atoms with Crippen LogP contribution >= 0.6 is 0 Å². The Hall–Kier alpha value is -2.42. The van der Waals surface area contributed by atoms with Gasteiger partial charge in [-0.1, -0.05) is 36.4 Å². The first-order valence-corrected chi connectivity index (χ1v) is 7.22. The molecule has 8 heteroatoms. The first-order chi connectivity index (χ1) is 10.0. The maximum atomic E-state index is 10.5. The fourth-order valence-electron chi connectivity index (χ4n) is 1.46. The highest BCUT2D eigenvalue weighted by Gasteiger charge is 2.03. The summed E-state index contributed by atoms with van der Waals surface area (Å²) in [7, 11) is -4.89. The minimum Gasteiger partial charge on any atom is -0.724 e. The molecule has 2 aromatic carbocycles. The van der Waals surface area contributed by atoms with Gasteiger partial charge in [0.25, 0.3) is 0 Å². The zero-order valence-electron chi connectivity index (χ0n) is 10.8. The van der Waals surface area contributed by atoms with Crippen molar-refractivity contribution in [2.75, 3.05) is 5.32 Å². The van der Waals surface area contributed by atoms with Crippen LogP contribution in [0.3, 0.4) is 0 Å². The van der Waals surface area contributed by atoms with Crippen LogP contribution in [0, 0.1) is 0 Å². The van der Waals surface area contributed by atoms with Crippen molar-refractivity contribution in [2.45, 2.75) is 0 Å². The van der Waals surface area contributed by atoms with Crippen molar-refractivity contribution in [3.8, 4) is 0 Å². The van der Waals surface area contributed by atoms with Crippen molar-refractivity contribution < 1.29 is 17.3 Å². The first-order valence-electron chi connectivity index (χ1n) is 5.89. The van der Waals surface area contributed by atoms with Gasteiger partial charge in [0.05, 0.1) is 5.69 Å². The second-order valence-corrected chi connectivity index (χ2v) is 4.86. The first kappa shape index (κ1) is 15.0. The second kappa shape index (κ2) is 6.84. The number of nitrogens with zero attached hydrogens (tertiary/aromatic N) is 1. The molecule has 2 aromatic rings. The topological polar surface area (TPSA) is 103 Å². The molecule has 0 atom stereocenters. The van der Waals surface area contributed by atoms with Crippen molar-refractivity contribution in [3.63, 3.8) is 0 Å². The highest BCUT2D eigenvalue weighted by atomic mass is 32.3. The number of rotatable bonds is 4. The van der Waals surface area contributed by atoms with E-state index in [2.05, 4.69) is 14.6 Å². The molecule has 0 heterocycles. The van der Waals surface area contributed by atoms with E-state index in [0.717, 1.165) is 0 Å². The van der Waals surface area contributed by atoms with Crippen LogP contribution in [0.5, 0.6) is 0 Å². The predicted octanol–water partition coefficient (Wildman–Crippen LogP) is 1.77. The summed E-state index contributed by atoms with van der Waals surface area (Å²) in [4.78, 5) is 4.12. The summed E-state index contributed by atoms with van der Waals surface area (Å²) in [6, 6.07) is 17.7. The van der Waals surface area contributed by atoms with E-state index in [-0.39, 0.29) is 5.96 Å². The average molecular weight is 306 g/mol.